The van der Waals surface area contributed by atoms with Crippen molar-refractivity contribution in [1.82, 2.24) is 0 Å². The van der Waals surface area contributed by atoms with Gasteiger partial charge in [-0.15, -0.1) is 0 Å². The van der Waals surface area contributed by atoms with Crippen LogP contribution in [0.3, 0.4) is 0 Å². The van der Waals surface area contributed by atoms with Crippen LogP contribution >= 0.6 is 0 Å². The molecule has 0 saturated carbocycles. The van der Waals surface area contributed by atoms with Gasteiger partial charge in [-0.3, -0.25) is 9.59 Å². The third kappa shape index (κ3) is 3.79. The summed E-state index contributed by atoms with van der Waals surface area (Å²) in [5.41, 5.74) is 6.79. The van der Waals surface area contributed by atoms with Crippen molar-refractivity contribution in [2.45, 2.75) is 6.92 Å². The molecule has 21 heavy (non-hydrogen) atoms. The van der Waals surface area contributed by atoms with E-state index in [-0.39, 0.29) is 17.2 Å². The first-order valence-corrected chi connectivity index (χ1v) is 6.20. The Morgan fingerprint density at radius 3 is 2.10 bits per heavy atom. The van der Waals surface area contributed by atoms with E-state index in [1.54, 1.807) is 24.3 Å². The highest BCUT2D eigenvalue weighted by atomic mass is 19.1. The lowest BCUT2D eigenvalue weighted by Crippen LogP contribution is -2.12. The fourth-order valence-electron chi connectivity index (χ4n) is 1.73. The van der Waals surface area contributed by atoms with Gasteiger partial charge in [0.15, 0.2) is 0 Å². The molecule has 0 aromatic heterocycles. The zero-order valence-electron chi connectivity index (χ0n) is 11.3. The molecule has 0 heterocycles. The number of hydrogen-bond donors (Lipinski definition) is 3. The fraction of sp³-hybridized carbons (Fsp3) is 0.0667. The predicted octanol–water partition coefficient (Wildman–Crippen LogP) is 2.62. The summed E-state index contributed by atoms with van der Waals surface area (Å²) < 4.78 is 13.0. The Kier molecular flexibility index (Phi) is 4.18. The predicted molar refractivity (Wildman–Crippen MR) is 79.5 cm³/mol. The van der Waals surface area contributed by atoms with Gasteiger partial charge in [-0.1, -0.05) is 0 Å². The number of rotatable bonds is 3. The second-order valence-corrected chi connectivity index (χ2v) is 4.45. The summed E-state index contributed by atoms with van der Waals surface area (Å²) >= 11 is 0. The molecule has 5 nitrogen and oxygen atoms in total. The largest absolute Gasteiger partial charge is 0.396 e. The molecule has 0 fully saturated rings. The summed E-state index contributed by atoms with van der Waals surface area (Å²) in [5.74, 6) is -1.13. The molecule has 6 heteroatoms. The Morgan fingerprint density at radius 2 is 1.57 bits per heavy atom. The first-order chi connectivity index (χ1) is 9.95. The number of carbonyl (C=O) groups is 2. The second kappa shape index (κ2) is 6.04. The summed E-state index contributed by atoms with van der Waals surface area (Å²) in [6.45, 7) is 1.41. The molecule has 0 saturated heterocycles. The number of hydrogen-bond acceptors (Lipinski definition) is 3. The van der Waals surface area contributed by atoms with Crippen LogP contribution in [-0.2, 0) is 4.79 Å². The second-order valence-electron chi connectivity index (χ2n) is 4.45. The molecule has 0 unspecified atom stereocenters. The zero-order valence-corrected chi connectivity index (χ0v) is 11.3. The van der Waals surface area contributed by atoms with E-state index in [1.807, 2.05) is 0 Å². The van der Waals surface area contributed by atoms with Gasteiger partial charge >= 0.3 is 0 Å². The van der Waals surface area contributed by atoms with E-state index in [0.29, 0.717) is 11.4 Å². The molecule has 0 spiro atoms. The van der Waals surface area contributed by atoms with Crippen LogP contribution in [0.5, 0.6) is 0 Å². The molecule has 0 aliphatic rings. The molecule has 4 N–H and O–H groups in total. The van der Waals surface area contributed by atoms with Crippen LogP contribution in [0.1, 0.15) is 17.3 Å². The maximum Gasteiger partial charge on any atom is 0.255 e. The molecule has 2 amide bonds. The van der Waals surface area contributed by atoms with E-state index in [2.05, 4.69) is 10.6 Å². The number of nitrogens with two attached hydrogens (primary N) is 1. The van der Waals surface area contributed by atoms with Gasteiger partial charge in [-0.05, 0) is 42.5 Å². The van der Waals surface area contributed by atoms with Gasteiger partial charge < -0.3 is 16.4 Å². The minimum Gasteiger partial charge on any atom is -0.396 e. The first-order valence-electron chi connectivity index (χ1n) is 6.20. The minimum absolute atomic E-state index is 0.0799. The molecule has 2 aromatic carbocycles. The molecule has 0 radical (unpaired) electrons. The molecular weight excluding hydrogens is 273 g/mol. The van der Waals surface area contributed by atoms with Crippen LogP contribution in [0.4, 0.5) is 21.5 Å². The van der Waals surface area contributed by atoms with Crippen LogP contribution in [0, 0.1) is 5.82 Å². The number of amides is 2. The SMILES string of the molecule is CC(=O)Nc1ccc(NC(=O)c2ccc(F)c(N)c2)cc1. The number of carbonyl (C=O) groups excluding carboxylic acids is 2. The van der Waals surface area contributed by atoms with Gasteiger partial charge in [-0.2, -0.15) is 0 Å². The molecule has 108 valence electrons. The Bertz CT molecular complexity index is 684. The molecule has 2 rings (SSSR count). The van der Waals surface area contributed by atoms with Crippen molar-refractivity contribution in [1.29, 1.82) is 0 Å². The maximum atomic E-state index is 13.0. The average molecular weight is 287 g/mol. The van der Waals surface area contributed by atoms with Gasteiger partial charge in [0.2, 0.25) is 5.91 Å². The van der Waals surface area contributed by atoms with Gasteiger partial charge in [0.1, 0.15) is 5.82 Å². The van der Waals surface area contributed by atoms with Crippen LogP contribution in [0.25, 0.3) is 0 Å². The van der Waals surface area contributed by atoms with Gasteiger partial charge in [0, 0.05) is 23.9 Å². The van der Waals surface area contributed by atoms with E-state index in [1.165, 1.54) is 19.1 Å². The number of halogens is 1. The summed E-state index contributed by atoms with van der Waals surface area (Å²) in [7, 11) is 0. The van der Waals surface area contributed by atoms with Crippen LogP contribution < -0.4 is 16.4 Å². The lowest BCUT2D eigenvalue weighted by molar-refractivity contribution is -0.114. The van der Waals surface area contributed by atoms with Crippen LogP contribution in [-0.4, -0.2) is 11.8 Å². The average Bonchev–Trinajstić information content (AvgIpc) is 2.43. The standard InChI is InChI=1S/C15H14FN3O2/c1-9(20)18-11-3-5-12(6-4-11)19-15(21)10-2-7-13(16)14(17)8-10/h2-8H,17H2,1H3,(H,18,20)(H,19,21). The molecule has 0 bridgehead atoms. The Balaban J connectivity index is 2.08. The van der Waals surface area contributed by atoms with Gasteiger partial charge in [0.25, 0.3) is 5.91 Å². The van der Waals surface area contributed by atoms with Crippen molar-refractivity contribution in [3.8, 4) is 0 Å². The third-order valence-corrected chi connectivity index (χ3v) is 2.72. The Morgan fingerprint density at radius 1 is 1.00 bits per heavy atom. The lowest BCUT2D eigenvalue weighted by atomic mass is 10.1. The highest BCUT2D eigenvalue weighted by Crippen LogP contribution is 2.16. The van der Waals surface area contributed by atoms with Crippen molar-refractivity contribution in [2.75, 3.05) is 16.4 Å². The summed E-state index contributed by atoms with van der Waals surface area (Å²) in [5, 5.41) is 5.28. The smallest absolute Gasteiger partial charge is 0.255 e. The monoisotopic (exact) mass is 287 g/mol. The minimum atomic E-state index is -0.564. The van der Waals surface area contributed by atoms with Crippen LogP contribution in [0.15, 0.2) is 42.5 Å². The Labute approximate surface area is 121 Å². The summed E-state index contributed by atoms with van der Waals surface area (Å²) in [6.07, 6.45) is 0. The zero-order chi connectivity index (χ0) is 15.4. The number of nitrogens with one attached hydrogen (secondary N) is 2. The third-order valence-electron chi connectivity index (χ3n) is 2.72. The van der Waals surface area contributed by atoms with E-state index < -0.39 is 11.7 Å². The van der Waals surface area contributed by atoms with E-state index in [9.17, 15) is 14.0 Å². The molecule has 2 aromatic rings. The van der Waals surface area contributed by atoms with Crippen molar-refractivity contribution >= 4 is 28.9 Å². The summed E-state index contributed by atoms with van der Waals surface area (Å²) in [6, 6.07) is 10.4. The summed E-state index contributed by atoms with van der Waals surface area (Å²) in [4.78, 5) is 22.9. The van der Waals surface area contributed by atoms with Gasteiger partial charge in [-0.25, -0.2) is 4.39 Å². The maximum absolute atomic E-state index is 13.0. The van der Waals surface area contributed by atoms with Crippen LogP contribution in [0.2, 0.25) is 0 Å². The molecular formula is C15H14FN3O2. The number of nitrogen functional groups attached to an aromatic ring is 1. The fourth-order valence-corrected chi connectivity index (χ4v) is 1.73. The Hall–Kier alpha value is -2.89. The van der Waals surface area contributed by atoms with Crippen molar-refractivity contribution in [2.24, 2.45) is 0 Å². The molecule has 0 aliphatic heterocycles. The highest BCUT2D eigenvalue weighted by molar-refractivity contribution is 6.04. The van der Waals surface area contributed by atoms with E-state index in [4.69, 9.17) is 5.73 Å². The topological polar surface area (TPSA) is 84.2 Å². The number of anilines is 3. The lowest BCUT2D eigenvalue weighted by Gasteiger charge is -2.07. The molecule has 0 atom stereocenters. The highest BCUT2D eigenvalue weighted by Gasteiger charge is 2.08. The van der Waals surface area contributed by atoms with Crippen molar-refractivity contribution in [3.05, 3.63) is 53.8 Å². The normalized spacial score (nSPS) is 10.0. The number of benzene rings is 2. The van der Waals surface area contributed by atoms with Gasteiger partial charge in [0.05, 0.1) is 5.69 Å². The van der Waals surface area contributed by atoms with Crippen molar-refractivity contribution < 1.29 is 14.0 Å². The van der Waals surface area contributed by atoms with E-state index in [0.717, 1.165) is 6.07 Å². The molecule has 0 aliphatic carbocycles. The first kappa shape index (κ1) is 14.5. The quantitative estimate of drug-likeness (QED) is 0.759. The van der Waals surface area contributed by atoms with E-state index >= 15 is 0 Å². The van der Waals surface area contributed by atoms with Crippen molar-refractivity contribution in [3.63, 3.8) is 0 Å².